The third kappa shape index (κ3) is 3.28. The van der Waals surface area contributed by atoms with Gasteiger partial charge in [-0.3, -0.25) is 0 Å². The predicted octanol–water partition coefficient (Wildman–Crippen LogP) is 4.24. The number of halogens is 1. The second-order valence-corrected chi connectivity index (χ2v) is 6.11. The van der Waals surface area contributed by atoms with Gasteiger partial charge in [-0.05, 0) is 49.2 Å². The van der Waals surface area contributed by atoms with Crippen LogP contribution in [0.4, 0.5) is 14.9 Å². The molecule has 2 aromatic carbocycles. The lowest BCUT2D eigenvalue weighted by Gasteiger charge is -2.22. The minimum Gasteiger partial charge on any atom is -0.337 e. The number of carbonyl (C=O) groups is 1. The fraction of sp³-hybridized carbons (Fsp3) is 0.211. The molecule has 0 saturated carbocycles. The van der Waals surface area contributed by atoms with Crippen LogP contribution in [0.2, 0.25) is 0 Å². The second kappa shape index (κ2) is 6.95. The number of benzene rings is 2. The lowest BCUT2D eigenvalue weighted by molar-refractivity contribution is 0.193. The van der Waals surface area contributed by atoms with Gasteiger partial charge in [-0.1, -0.05) is 23.4 Å². The van der Waals surface area contributed by atoms with Gasteiger partial charge >= 0.3 is 6.03 Å². The number of nitrogens with one attached hydrogen (secondary N) is 1. The molecule has 2 amide bonds. The van der Waals surface area contributed by atoms with Gasteiger partial charge in [0, 0.05) is 17.8 Å². The predicted molar refractivity (Wildman–Crippen MR) is 93.8 cm³/mol. The lowest BCUT2D eigenvalue weighted by atomic mass is 10.2. The zero-order chi connectivity index (χ0) is 17.9. The highest BCUT2D eigenvalue weighted by Crippen LogP contribution is 2.32. The van der Waals surface area contributed by atoms with Gasteiger partial charge in [0.05, 0.1) is 0 Å². The van der Waals surface area contributed by atoms with Crippen molar-refractivity contribution in [2.24, 2.45) is 0 Å². The van der Waals surface area contributed by atoms with Gasteiger partial charge in [-0.25, -0.2) is 9.18 Å². The quantitative estimate of drug-likeness (QED) is 0.765. The topological polar surface area (TPSA) is 71.3 Å². The smallest absolute Gasteiger partial charge is 0.322 e. The number of hydrogen-bond acceptors (Lipinski definition) is 4. The number of para-hydroxylation sites is 1. The number of hydrogen-bond donors (Lipinski definition) is 1. The zero-order valence-electron chi connectivity index (χ0n) is 13.9. The fourth-order valence-electron chi connectivity index (χ4n) is 3.07. The standard InChI is InChI=1S/C19H17FN4O2/c20-14-10-8-13(9-11-14)17-22-18(26-23-17)16-7-4-12-24(16)19(25)21-15-5-2-1-3-6-15/h1-3,5-6,8-11,16H,4,7,12H2,(H,21,25)/t16-/m0/s1. The van der Waals surface area contributed by atoms with Gasteiger partial charge in [0.15, 0.2) is 0 Å². The van der Waals surface area contributed by atoms with Crippen LogP contribution < -0.4 is 5.32 Å². The first-order valence-corrected chi connectivity index (χ1v) is 8.43. The molecule has 132 valence electrons. The molecule has 1 atom stereocenters. The van der Waals surface area contributed by atoms with Crippen LogP contribution in [0.25, 0.3) is 11.4 Å². The Morgan fingerprint density at radius 1 is 1.15 bits per heavy atom. The zero-order valence-corrected chi connectivity index (χ0v) is 13.9. The Balaban J connectivity index is 1.51. The van der Waals surface area contributed by atoms with Crippen LogP contribution in [0.15, 0.2) is 59.1 Å². The van der Waals surface area contributed by atoms with Gasteiger partial charge in [0.1, 0.15) is 11.9 Å². The average Bonchev–Trinajstić information content (AvgIpc) is 3.32. The largest absolute Gasteiger partial charge is 0.337 e. The minimum atomic E-state index is -0.322. The van der Waals surface area contributed by atoms with Crippen molar-refractivity contribution in [1.82, 2.24) is 15.0 Å². The molecule has 0 radical (unpaired) electrons. The summed E-state index contributed by atoms with van der Waals surface area (Å²) in [7, 11) is 0. The van der Waals surface area contributed by atoms with Crippen LogP contribution in [0.5, 0.6) is 0 Å². The summed E-state index contributed by atoms with van der Waals surface area (Å²) in [5.74, 6) is 0.456. The molecule has 2 heterocycles. The van der Waals surface area contributed by atoms with E-state index in [1.54, 1.807) is 17.0 Å². The molecule has 0 unspecified atom stereocenters. The van der Waals surface area contributed by atoms with Crippen molar-refractivity contribution in [2.45, 2.75) is 18.9 Å². The van der Waals surface area contributed by atoms with Crippen LogP contribution >= 0.6 is 0 Å². The normalized spacial score (nSPS) is 16.7. The molecule has 3 aromatic rings. The van der Waals surface area contributed by atoms with E-state index in [1.807, 2.05) is 30.3 Å². The second-order valence-electron chi connectivity index (χ2n) is 6.11. The fourth-order valence-corrected chi connectivity index (χ4v) is 3.07. The summed E-state index contributed by atoms with van der Waals surface area (Å²) in [6, 6.07) is 14.7. The number of likely N-dealkylation sites (tertiary alicyclic amines) is 1. The number of rotatable bonds is 3. The Morgan fingerprint density at radius 3 is 2.69 bits per heavy atom. The highest BCUT2D eigenvalue weighted by atomic mass is 19.1. The van der Waals surface area contributed by atoms with Gasteiger partial charge in [-0.15, -0.1) is 0 Å². The first-order chi connectivity index (χ1) is 12.7. The van der Waals surface area contributed by atoms with Crippen LogP contribution in [0.3, 0.4) is 0 Å². The van der Waals surface area contributed by atoms with Gasteiger partial charge in [0.25, 0.3) is 0 Å². The summed E-state index contributed by atoms with van der Waals surface area (Å²) < 4.78 is 18.4. The van der Waals surface area contributed by atoms with E-state index in [2.05, 4.69) is 15.5 Å². The van der Waals surface area contributed by atoms with Crippen LogP contribution in [-0.4, -0.2) is 27.6 Å². The molecule has 6 nitrogen and oxygen atoms in total. The van der Waals surface area contributed by atoms with Gasteiger partial charge in [0.2, 0.25) is 11.7 Å². The minimum absolute atomic E-state index is 0.194. The lowest BCUT2D eigenvalue weighted by Crippen LogP contribution is -2.34. The Kier molecular flexibility index (Phi) is 4.35. The molecule has 1 saturated heterocycles. The maximum absolute atomic E-state index is 13.1. The van der Waals surface area contributed by atoms with Crippen LogP contribution in [0, 0.1) is 5.82 Å². The Labute approximate surface area is 149 Å². The van der Waals surface area contributed by atoms with E-state index in [4.69, 9.17) is 4.52 Å². The molecule has 0 spiro atoms. The molecule has 1 aliphatic rings. The van der Waals surface area contributed by atoms with Crippen molar-refractivity contribution in [3.05, 3.63) is 66.3 Å². The summed E-state index contributed by atoms with van der Waals surface area (Å²) in [5.41, 5.74) is 1.40. The van der Waals surface area contributed by atoms with Crippen molar-refractivity contribution in [3.8, 4) is 11.4 Å². The number of nitrogens with zero attached hydrogens (tertiary/aromatic N) is 3. The van der Waals surface area contributed by atoms with E-state index in [9.17, 15) is 9.18 Å². The van der Waals surface area contributed by atoms with Crippen molar-refractivity contribution >= 4 is 11.7 Å². The van der Waals surface area contributed by atoms with Crippen molar-refractivity contribution in [1.29, 1.82) is 0 Å². The van der Waals surface area contributed by atoms with Crippen LogP contribution in [0.1, 0.15) is 24.8 Å². The van der Waals surface area contributed by atoms with Crippen molar-refractivity contribution in [2.75, 3.05) is 11.9 Å². The molecule has 0 bridgehead atoms. The van der Waals surface area contributed by atoms with Gasteiger partial charge in [-0.2, -0.15) is 4.98 Å². The summed E-state index contributed by atoms with van der Waals surface area (Å²) in [6.45, 7) is 0.623. The Bertz CT molecular complexity index is 895. The molecule has 1 fully saturated rings. The average molecular weight is 352 g/mol. The van der Waals surface area contributed by atoms with Crippen LogP contribution in [-0.2, 0) is 0 Å². The molecule has 7 heteroatoms. The van der Waals surface area contributed by atoms with E-state index in [-0.39, 0.29) is 17.9 Å². The molecule has 1 aliphatic heterocycles. The first kappa shape index (κ1) is 16.3. The third-order valence-electron chi connectivity index (χ3n) is 4.37. The third-order valence-corrected chi connectivity index (χ3v) is 4.37. The number of carbonyl (C=O) groups excluding carboxylic acids is 1. The van der Waals surface area contributed by atoms with E-state index >= 15 is 0 Å². The Hall–Kier alpha value is -3.22. The molecule has 1 aromatic heterocycles. The Morgan fingerprint density at radius 2 is 1.92 bits per heavy atom. The maximum Gasteiger partial charge on any atom is 0.322 e. The van der Waals surface area contributed by atoms with E-state index in [0.717, 1.165) is 18.5 Å². The van der Waals surface area contributed by atoms with Crippen molar-refractivity contribution in [3.63, 3.8) is 0 Å². The maximum atomic E-state index is 13.1. The van der Waals surface area contributed by atoms with Crippen molar-refractivity contribution < 1.29 is 13.7 Å². The van der Waals surface area contributed by atoms with Gasteiger partial charge < -0.3 is 14.7 Å². The number of amides is 2. The molecule has 26 heavy (non-hydrogen) atoms. The SMILES string of the molecule is O=C(Nc1ccccc1)N1CCC[C@H]1c1nc(-c2ccc(F)cc2)no1. The number of anilines is 1. The molecule has 1 N–H and O–H groups in total. The number of urea groups is 1. The van der Waals surface area contributed by atoms with E-state index in [0.29, 0.717) is 23.8 Å². The molecule has 4 rings (SSSR count). The summed E-state index contributed by atoms with van der Waals surface area (Å²) in [4.78, 5) is 18.7. The summed E-state index contributed by atoms with van der Waals surface area (Å²) >= 11 is 0. The highest BCUT2D eigenvalue weighted by Gasteiger charge is 2.34. The first-order valence-electron chi connectivity index (χ1n) is 8.43. The highest BCUT2D eigenvalue weighted by molar-refractivity contribution is 5.89. The van der Waals surface area contributed by atoms with E-state index < -0.39 is 0 Å². The molecular weight excluding hydrogens is 335 g/mol. The number of aromatic nitrogens is 2. The summed E-state index contributed by atoms with van der Waals surface area (Å²) in [6.07, 6.45) is 1.62. The molecular formula is C19H17FN4O2. The summed E-state index contributed by atoms with van der Waals surface area (Å²) in [5, 5.41) is 6.86. The molecule has 0 aliphatic carbocycles. The van der Waals surface area contributed by atoms with E-state index in [1.165, 1.54) is 12.1 Å². The monoisotopic (exact) mass is 352 g/mol.